The van der Waals surface area contributed by atoms with Crippen molar-refractivity contribution in [3.8, 4) is 5.88 Å². The monoisotopic (exact) mass is 375 g/mol. The topological polar surface area (TPSA) is 91.2 Å². The second-order valence-corrected chi connectivity index (χ2v) is 6.73. The summed E-state index contributed by atoms with van der Waals surface area (Å²) in [5.41, 5.74) is 0.831. The fraction of sp³-hybridized carbons (Fsp3) is 0.412. The van der Waals surface area contributed by atoms with Crippen molar-refractivity contribution in [1.82, 2.24) is 24.8 Å². The smallest absolute Gasteiger partial charge is 0.261 e. The molecular formula is C17H21N5O3S. The SMILES string of the molecule is COCc1nc(OC)c2c(C)c(C(=O)NCCCn3ccnc3)sc2n1. The van der Waals surface area contributed by atoms with E-state index in [4.69, 9.17) is 9.47 Å². The number of aryl methyl sites for hydroxylation is 2. The predicted octanol–water partition coefficient (Wildman–Crippen LogP) is 2.17. The number of methoxy groups -OCH3 is 2. The van der Waals surface area contributed by atoms with Crippen molar-refractivity contribution in [3.63, 3.8) is 0 Å². The summed E-state index contributed by atoms with van der Waals surface area (Å²) in [6.07, 6.45) is 6.24. The number of rotatable bonds is 8. The molecule has 0 aliphatic carbocycles. The molecule has 0 radical (unpaired) electrons. The number of nitrogens with one attached hydrogen (secondary N) is 1. The second kappa shape index (κ2) is 8.24. The maximum absolute atomic E-state index is 12.6. The molecule has 0 fully saturated rings. The Balaban J connectivity index is 1.74. The van der Waals surface area contributed by atoms with Crippen LogP contribution in [0, 0.1) is 6.92 Å². The highest BCUT2D eigenvalue weighted by Crippen LogP contribution is 2.34. The van der Waals surface area contributed by atoms with Crippen LogP contribution < -0.4 is 10.1 Å². The van der Waals surface area contributed by atoms with Crippen LogP contribution >= 0.6 is 11.3 Å². The number of ether oxygens (including phenoxy) is 2. The Hall–Kier alpha value is -2.52. The number of fused-ring (bicyclic) bond motifs is 1. The van der Waals surface area contributed by atoms with Gasteiger partial charge in [0.1, 0.15) is 11.4 Å². The Bertz CT molecular complexity index is 892. The summed E-state index contributed by atoms with van der Waals surface area (Å²) in [6.45, 7) is 3.58. The molecule has 3 aromatic heterocycles. The van der Waals surface area contributed by atoms with Crippen molar-refractivity contribution in [2.45, 2.75) is 26.5 Å². The van der Waals surface area contributed by atoms with E-state index in [1.807, 2.05) is 17.7 Å². The molecule has 0 atom stereocenters. The maximum Gasteiger partial charge on any atom is 0.261 e. The molecule has 0 aliphatic heterocycles. The van der Waals surface area contributed by atoms with Crippen LogP contribution in [-0.2, 0) is 17.9 Å². The fourth-order valence-electron chi connectivity index (χ4n) is 2.66. The minimum atomic E-state index is -0.105. The largest absolute Gasteiger partial charge is 0.480 e. The Morgan fingerprint density at radius 3 is 2.88 bits per heavy atom. The lowest BCUT2D eigenvalue weighted by atomic mass is 10.2. The normalized spacial score (nSPS) is 11.0. The van der Waals surface area contributed by atoms with E-state index in [0.29, 0.717) is 29.7 Å². The van der Waals surface area contributed by atoms with Crippen molar-refractivity contribution >= 4 is 27.5 Å². The molecule has 0 saturated carbocycles. The summed E-state index contributed by atoms with van der Waals surface area (Å²) < 4.78 is 12.5. The number of carbonyl (C=O) groups is 1. The van der Waals surface area contributed by atoms with Crippen molar-refractivity contribution in [2.24, 2.45) is 0 Å². The van der Waals surface area contributed by atoms with Crippen LogP contribution in [0.1, 0.15) is 27.5 Å². The van der Waals surface area contributed by atoms with Gasteiger partial charge in [-0.3, -0.25) is 4.79 Å². The van der Waals surface area contributed by atoms with E-state index in [0.717, 1.165) is 28.7 Å². The molecule has 26 heavy (non-hydrogen) atoms. The van der Waals surface area contributed by atoms with Gasteiger partial charge in [-0.1, -0.05) is 0 Å². The summed E-state index contributed by atoms with van der Waals surface area (Å²) in [4.78, 5) is 26.8. The molecule has 3 rings (SSSR count). The molecule has 0 bridgehead atoms. The highest BCUT2D eigenvalue weighted by Gasteiger charge is 2.20. The van der Waals surface area contributed by atoms with Gasteiger partial charge in [-0.2, -0.15) is 4.98 Å². The zero-order chi connectivity index (χ0) is 18.5. The summed E-state index contributed by atoms with van der Waals surface area (Å²) in [6, 6.07) is 0. The van der Waals surface area contributed by atoms with Gasteiger partial charge >= 0.3 is 0 Å². The number of aromatic nitrogens is 4. The molecule has 0 spiro atoms. The van der Waals surface area contributed by atoms with Crippen molar-refractivity contribution in [3.05, 3.63) is 35.0 Å². The summed E-state index contributed by atoms with van der Waals surface area (Å²) in [7, 11) is 3.15. The van der Waals surface area contributed by atoms with Gasteiger partial charge in [0.2, 0.25) is 5.88 Å². The lowest BCUT2D eigenvalue weighted by molar-refractivity contribution is 0.0956. The molecule has 3 heterocycles. The standard InChI is InChI=1S/C17H21N5O3S/c1-11-13-16(25-3)20-12(9-24-2)21-17(13)26-14(11)15(23)19-5-4-7-22-8-6-18-10-22/h6,8,10H,4-5,7,9H2,1-3H3,(H,19,23). The number of hydrogen-bond acceptors (Lipinski definition) is 7. The first-order chi connectivity index (χ1) is 12.6. The molecular weight excluding hydrogens is 354 g/mol. The Labute approximate surface area is 155 Å². The third kappa shape index (κ3) is 3.83. The first-order valence-corrected chi connectivity index (χ1v) is 9.02. The van der Waals surface area contributed by atoms with Crippen LogP contribution in [0.4, 0.5) is 0 Å². The Morgan fingerprint density at radius 1 is 1.35 bits per heavy atom. The van der Waals surface area contributed by atoms with E-state index in [1.165, 1.54) is 11.3 Å². The quantitative estimate of drug-likeness (QED) is 0.607. The number of thiophene rings is 1. The van der Waals surface area contributed by atoms with Crippen molar-refractivity contribution in [2.75, 3.05) is 20.8 Å². The predicted molar refractivity (Wildman–Crippen MR) is 98.6 cm³/mol. The third-order valence-corrected chi connectivity index (χ3v) is 5.10. The molecule has 1 N–H and O–H groups in total. The van der Waals surface area contributed by atoms with E-state index in [1.54, 1.807) is 26.7 Å². The highest BCUT2D eigenvalue weighted by molar-refractivity contribution is 7.20. The molecule has 3 aromatic rings. The van der Waals surface area contributed by atoms with E-state index in [2.05, 4.69) is 20.3 Å². The second-order valence-electron chi connectivity index (χ2n) is 5.73. The molecule has 0 unspecified atom stereocenters. The molecule has 0 aliphatic rings. The molecule has 9 heteroatoms. The fourth-order valence-corrected chi connectivity index (χ4v) is 3.77. The van der Waals surface area contributed by atoms with Gasteiger partial charge in [0.05, 0.1) is 23.7 Å². The zero-order valence-corrected chi connectivity index (χ0v) is 15.8. The Kier molecular flexibility index (Phi) is 5.79. The van der Waals surface area contributed by atoms with Crippen LogP contribution in [0.2, 0.25) is 0 Å². The van der Waals surface area contributed by atoms with Gasteiger partial charge in [0, 0.05) is 32.6 Å². The van der Waals surface area contributed by atoms with E-state index < -0.39 is 0 Å². The van der Waals surface area contributed by atoms with E-state index in [9.17, 15) is 4.79 Å². The average molecular weight is 375 g/mol. The van der Waals surface area contributed by atoms with Gasteiger partial charge in [-0.05, 0) is 18.9 Å². The highest BCUT2D eigenvalue weighted by atomic mass is 32.1. The third-order valence-electron chi connectivity index (χ3n) is 3.91. The minimum Gasteiger partial charge on any atom is -0.480 e. The lowest BCUT2D eigenvalue weighted by Crippen LogP contribution is -2.24. The van der Waals surface area contributed by atoms with Crippen LogP contribution in [-0.4, -0.2) is 46.2 Å². The molecule has 0 aromatic carbocycles. The molecule has 0 saturated heterocycles. The van der Waals surface area contributed by atoms with Gasteiger partial charge < -0.3 is 19.4 Å². The lowest BCUT2D eigenvalue weighted by Gasteiger charge is -2.06. The van der Waals surface area contributed by atoms with Crippen LogP contribution in [0.15, 0.2) is 18.7 Å². The first-order valence-electron chi connectivity index (χ1n) is 8.21. The summed E-state index contributed by atoms with van der Waals surface area (Å²) in [5, 5.41) is 3.74. The van der Waals surface area contributed by atoms with Crippen LogP contribution in [0.5, 0.6) is 5.88 Å². The number of carbonyl (C=O) groups excluding carboxylic acids is 1. The Morgan fingerprint density at radius 2 is 2.19 bits per heavy atom. The summed E-state index contributed by atoms with van der Waals surface area (Å²) >= 11 is 1.34. The van der Waals surface area contributed by atoms with Crippen LogP contribution in [0.25, 0.3) is 10.2 Å². The van der Waals surface area contributed by atoms with Crippen molar-refractivity contribution < 1.29 is 14.3 Å². The average Bonchev–Trinajstić information content (AvgIpc) is 3.26. The van der Waals surface area contributed by atoms with E-state index in [-0.39, 0.29) is 5.91 Å². The number of nitrogens with zero attached hydrogens (tertiary/aromatic N) is 4. The zero-order valence-electron chi connectivity index (χ0n) is 15.0. The summed E-state index contributed by atoms with van der Waals surface area (Å²) in [5.74, 6) is 0.895. The van der Waals surface area contributed by atoms with Gasteiger partial charge in [-0.15, -0.1) is 11.3 Å². The van der Waals surface area contributed by atoms with E-state index >= 15 is 0 Å². The van der Waals surface area contributed by atoms with Crippen molar-refractivity contribution in [1.29, 1.82) is 0 Å². The van der Waals surface area contributed by atoms with Crippen LogP contribution in [0.3, 0.4) is 0 Å². The first kappa shape index (κ1) is 18.3. The molecule has 138 valence electrons. The molecule has 1 amide bonds. The number of hydrogen-bond donors (Lipinski definition) is 1. The number of imidazole rings is 1. The van der Waals surface area contributed by atoms with Gasteiger partial charge in [0.25, 0.3) is 5.91 Å². The maximum atomic E-state index is 12.6. The minimum absolute atomic E-state index is 0.105. The van der Waals surface area contributed by atoms with Gasteiger partial charge in [-0.25, -0.2) is 9.97 Å². The molecule has 8 nitrogen and oxygen atoms in total. The number of amides is 1. The van der Waals surface area contributed by atoms with Gasteiger partial charge in [0.15, 0.2) is 5.82 Å².